The maximum Gasteiger partial charge on any atom is 0.175 e. The van der Waals surface area contributed by atoms with Crippen molar-refractivity contribution in [3.05, 3.63) is 34.3 Å². The third kappa shape index (κ3) is 4.88. The predicted molar refractivity (Wildman–Crippen MR) is 83.0 cm³/mol. The van der Waals surface area contributed by atoms with Crippen molar-refractivity contribution in [2.24, 2.45) is 0 Å². The molecule has 1 rings (SSSR count). The molecule has 0 fully saturated rings. The van der Waals surface area contributed by atoms with E-state index >= 15 is 0 Å². The van der Waals surface area contributed by atoms with Gasteiger partial charge < -0.3 is 14.8 Å². The van der Waals surface area contributed by atoms with E-state index in [1.807, 2.05) is 26.1 Å². The number of ether oxygens (including phenoxy) is 2. The first kappa shape index (κ1) is 16.1. The molecule has 0 unspecified atom stereocenters. The fourth-order valence-corrected chi connectivity index (χ4v) is 2.21. The van der Waals surface area contributed by atoms with Crippen molar-refractivity contribution < 1.29 is 9.47 Å². The summed E-state index contributed by atoms with van der Waals surface area (Å²) in [6, 6.07) is 4.05. The lowest BCUT2D eigenvalue weighted by Gasteiger charge is -2.16. The summed E-state index contributed by atoms with van der Waals surface area (Å²) in [6.45, 7) is 9.90. The smallest absolute Gasteiger partial charge is 0.175 e. The van der Waals surface area contributed by atoms with Crippen LogP contribution < -0.4 is 14.8 Å². The third-order valence-corrected chi connectivity index (χ3v) is 3.26. The molecular formula is C15H22BrNO2. The van der Waals surface area contributed by atoms with Crippen molar-refractivity contribution in [1.29, 1.82) is 0 Å². The second-order valence-corrected chi connectivity index (χ2v) is 5.11. The molecule has 106 valence electrons. The minimum atomic E-state index is 0.514. The number of halogens is 1. The van der Waals surface area contributed by atoms with E-state index in [9.17, 15) is 0 Å². The van der Waals surface area contributed by atoms with Crippen LogP contribution in [0.25, 0.3) is 0 Å². The summed E-state index contributed by atoms with van der Waals surface area (Å²) < 4.78 is 12.4. The number of hydrogen-bond acceptors (Lipinski definition) is 3. The van der Waals surface area contributed by atoms with E-state index in [0.29, 0.717) is 13.2 Å². The van der Waals surface area contributed by atoms with Crippen LogP contribution in [0.3, 0.4) is 0 Å². The van der Waals surface area contributed by atoms with Crippen LogP contribution in [-0.2, 0) is 6.54 Å². The third-order valence-electron chi connectivity index (χ3n) is 2.67. The van der Waals surface area contributed by atoms with Crippen molar-refractivity contribution in [2.45, 2.75) is 26.8 Å². The first-order chi connectivity index (χ1) is 9.12. The van der Waals surface area contributed by atoms with Crippen molar-refractivity contribution in [2.75, 3.05) is 20.3 Å². The van der Waals surface area contributed by atoms with E-state index in [0.717, 1.165) is 40.1 Å². The highest BCUT2D eigenvalue weighted by atomic mass is 79.9. The minimum absolute atomic E-state index is 0.514. The van der Waals surface area contributed by atoms with Gasteiger partial charge in [0.05, 0.1) is 11.1 Å². The molecule has 0 saturated heterocycles. The van der Waals surface area contributed by atoms with Gasteiger partial charge in [0.15, 0.2) is 11.5 Å². The Bertz CT molecular complexity index is 432. The summed E-state index contributed by atoms with van der Waals surface area (Å²) >= 11 is 3.55. The van der Waals surface area contributed by atoms with E-state index in [1.54, 1.807) is 0 Å². The summed E-state index contributed by atoms with van der Waals surface area (Å²) in [5.74, 6) is 1.52. The Kier molecular flexibility index (Phi) is 6.95. The summed E-state index contributed by atoms with van der Waals surface area (Å²) in [7, 11) is 1.92. The minimum Gasteiger partial charge on any atom is -0.490 e. The van der Waals surface area contributed by atoms with Crippen molar-refractivity contribution in [1.82, 2.24) is 5.32 Å². The zero-order valence-corrected chi connectivity index (χ0v) is 13.5. The van der Waals surface area contributed by atoms with E-state index in [2.05, 4.69) is 34.7 Å². The lowest BCUT2D eigenvalue weighted by atomic mass is 10.2. The largest absolute Gasteiger partial charge is 0.490 e. The molecular weight excluding hydrogens is 306 g/mol. The Labute approximate surface area is 124 Å². The molecule has 0 aliphatic rings. The second-order valence-electron chi connectivity index (χ2n) is 4.26. The van der Waals surface area contributed by atoms with Crippen LogP contribution in [0.4, 0.5) is 0 Å². The van der Waals surface area contributed by atoms with Crippen LogP contribution in [-0.4, -0.2) is 20.3 Å². The molecule has 1 N–H and O–H groups in total. The summed E-state index contributed by atoms with van der Waals surface area (Å²) in [6.07, 6.45) is 0.916. The molecule has 0 aromatic heterocycles. The van der Waals surface area contributed by atoms with Gasteiger partial charge in [-0.1, -0.05) is 13.5 Å². The lowest BCUT2D eigenvalue weighted by molar-refractivity contribution is 0.290. The Morgan fingerprint density at radius 1 is 1.32 bits per heavy atom. The highest BCUT2D eigenvalue weighted by molar-refractivity contribution is 9.10. The van der Waals surface area contributed by atoms with Crippen LogP contribution >= 0.6 is 15.9 Å². The molecule has 0 bridgehead atoms. The topological polar surface area (TPSA) is 30.5 Å². The highest BCUT2D eigenvalue weighted by Gasteiger charge is 2.12. The molecule has 0 spiro atoms. The van der Waals surface area contributed by atoms with Gasteiger partial charge in [-0.15, -0.1) is 0 Å². The van der Waals surface area contributed by atoms with Crippen molar-refractivity contribution >= 4 is 15.9 Å². The molecule has 4 heteroatoms. The maximum absolute atomic E-state index is 5.81. The maximum atomic E-state index is 5.81. The molecule has 19 heavy (non-hydrogen) atoms. The highest BCUT2D eigenvalue weighted by Crippen LogP contribution is 2.37. The fourth-order valence-electron chi connectivity index (χ4n) is 1.61. The molecule has 3 nitrogen and oxygen atoms in total. The Hall–Kier alpha value is -1.00. The first-order valence-corrected chi connectivity index (χ1v) is 7.30. The molecule has 1 aromatic carbocycles. The predicted octanol–water partition coefficient (Wildman–Crippen LogP) is 3.91. The van der Waals surface area contributed by atoms with Gasteiger partial charge in [0.1, 0.15) is 6.61 Å². The van der Waals surface area contributed by atoms with Crippen LogP contribution in [0.2, 0.25) is 0 Å². The van der Waals surface area contributed by atoms with E-state index in [1.165, 1.54) is 0 Å². The quantitative estimate of drug-likeness (QED) is 0.734. The lowest BCUT2D eigenvalue weighted by Crippen LogP contribution is -2.07. The Balaban J connectivity index is 2.96. The van der Waals surface area contributed by atoms with Gasteiger partial charge in [-0.05, 0) is 59.6 Å². The summed E-state index contributed by atoms with van der Waals surface area (Å²) in [5, 5.41) is 3.13. The number of hydrogen-bond donors (Lipinski definition) is 1. The zero-order valence-electron chi connectivity index (χ0n) is 11.9. The first-order valence-electron chi connectivity index (χ1n) is 6.51. The summed E-state index contributed by atoms with van der Waals surface area (Å²) in [4.78, 5) is 0. The zero-order chi connectivity index (χ0) is 14.3. The van der Waals surface area contributed by atoms with Gasteiger partial charge in [0.2, 0.25) is 0 Å². The number of benzene rings is 1. The van der Waals surface area contributed by atoms with E-state index in [-0.39, 0.29) is 0 Å². The van der Waals surface area contributed by atoms with Gasteiger partial charge in [-0.2, -0.15) is 0 Å². The summed E-state index contributed by atoms with van der Waals surface area (Å²) in [5.41, 5.74) is 2.22. The van der Waals surface area contributed by atoms with Crippen molar-refractivity contribution in [3.8, 4) is 11.5 Å². The average molecular weight is 328 g/mol. The van der Waals surface area contributed by atoms with E-state index in [4.69, 9.17) is 9.47 Å². The second kappa shape index (κ2) is 8.23. The molecule has 0 radical (unpaired) electrons. The molecule has 0 atom stereocenters. The van der Waals surface area contributed by atoms with E-state index < -0.39 is 0 Å². The monoisotopic (exact) mass is 327 g/mol. The molecule has 0 amide bonds. The molecule has 1 aromatic rings. The SMILES string of the molecule is C=C(CC)COc1c(Br)cc(CNC)cc1OCC. The van der Waals surface area contributed by atoms with Gasteiger partial charge in [0, 0.05) is 6.54 Å². The number of nitrogens with one attached hydrogen (secondary N) is 1. The van der Waals surface area contributed by atoms with Gasteiger partial charge in [-0.3, -0.25) is 0 Å². The van der Waals surface area contributed by atoms with Crippen LogP contribution in [0.1, 0.15) is 25.8 Å². The Morgan fingerprint density at radius 2 is 2.05 bits per heavy atom. The average Bonchev–Trinajstić information content (AvgIpc) is 2.38. The fraction of sp³-hybridized carbons (Fsp3) is 0.467. The van der Waals surface area contributed by atoms with Crippen LogP contribution in [0, 0.1) is 0 Å². The van der Waals surface area contributed by atoms with Gasteiger partial charge in [0.25, 0.3) is 0 Å². The van der Waals surface area contributed by atoms with Crippen LogP contribution in [0.5, 0.6) is 11.5 Å². The molecule has 0 aliphatic heterocycles. The van der Waals surface area contributed by atoms with Gasteiger partial charge >= 0.3 is 0 Å². The van der Waals surface area contributed by atoms with Crippen molar-refractivity contribution in [3.63, 3.8) is 0 Å². The molecule has 0 saturated carbocycles. The number of rotatable bonds is 8. The Morgan fingerprint density at radius 3 is 2.63 bits per heavy atom. The van der Waals surface area contributed by atoms with Crippen LogP contribution in [0.15, 0.2) is 28.8 Å². The van der Waals surface area contributed by atoms with Gasteiger partial charge in [-0.25, -0.2) is 0 Å². The molecule has 0 aliphatic carbocycles. The molecule has 0 heterocycles. The standard InChI is InChI=1S/C15H22BrNO2/c1-5-11(3)10-19-15-13(16)7-12(9-17-4)8-14(15)18-6-2/h7-8,17H,3,5-6,9-10H2,1-2,4H3. The normalized spacial score (nSPS) is 10.3.